The third-order valence-corrected chi connectivity index (χ3v) is 7.19. The van der Waals surface area contributed by atoms with Gasteiger partial charge in [0.05, 0.1) is 5.69 Å². The van der Waals surface area contributed by atoms with E-state index >= 15 is 0 Å². The highest BCUT2D eigenvalue weighted by Gasteiger charge is 2.31. The molecular weight excluding hydrogens is 509 g/mol. The van der Waals surface area contributed by atoms with Crippen LogP contribution in [-0.4, -0.2) is 40.7 Å². The summed E-state index contributed by atoms with van der Waals surface area (Å²) >= 11 is 12.8. The standard InChI is InChI=1S/C29H31Cl2N3O3/c1-18(27(36)32-29(2,3)4)34(17-21-22(30)12-7-13-23(21)31)25(35)15-8-16-33-24-14-6-10-19-9-5-11-20(26(19)24)28(33)37/h5-7,9-14,18H,8,15-17H2,1-4H3,(H,32,36)/t18-/m1/s1. The maximum atomic E-state index is 13.5. The quantitative estimate of drug-likeness (QED) is 0.369. The van der Waals surface area contributed by atoms with Crippen LogP contribution in [0.5, 0.6) is 0 Å². The molecule has 1 heterocycles. The van der Waals surface area contributed by atoms with Gasteiger partial charge in [0.2, 0.25) is 11.8 Å². The first kappa shape index (κ1) is 27.0. The average Bonchev–Trinajstić information content (AvgIpc) is 3.10. The number of amides is 3. The van der Waals surface area contributed by atoms with Crippen molar-refractivity contribution in [1.82, 2.24) is 10.2 Å². The third kappa shape index (κ3) is 5.76. The van der Waals surface area contributed by atoms with Crippen LogP contribution in [-0.2, 0) is 16.1 Å². The van der Waals surface area contributed by atoms with Gasteiger partial charge in [-0.3, -0.25) is 14.4 Å². The highest BCUT2D eigenvalue weighted by molar-refractivity contribution is 6.36. The smallest absolute Gasteiger partial charge is 0.258 e. The van der Waals surface area contributed by atoms with Gasteiger partial charge in [0.25, 0.3) is 5.91 Å². The average molecular weight is 540 g/mol. The molecule has 1 atom stereocenters. The van der Waals surface area contributed by atoms with E-state index in [1.54, 1.807) is 30.0 Å². The zero-order chi connectivity index (χ0) is 26.9. The molecule has 0 saturated heterocycles. The molecule has 0 radical (unpaired) electrons. The summed E-state index contributed by atoms with van der Waals surface area (Å²) in [5, 5.41) is 5.78. The second-order valence-electron chi connectivity index (χ2n) is 10.4. The number of benzene rings is 3. The van der Waals surface area contributed by atoms with Crippen LogP contribution in [0, 0.1) is 0 Å². The third-order valence-electron chi connectivity index (χ3n) is 6.48. The van der Waals surface area contributed by atoms with E-state index in [1.165, 1.54) is 4.90 Å². The van der Waals surface area contributed by atoms with Crippen LogP contribution in [0.25, 0.3) is 10.8 Å². The van der Waals surface area contributed by atoms with Crippen LogP contribution in [0.4, 0.5) is 5.69 Å². The number of hydrogen-bond donors (Lipinski definition) is 1. The zero-order valence-electron chi connectivity index (χ0n) is 21.5. The fourth-order valence-electron chi connectivity index (χ4n) is 4.64. The summed E-state index contributed by atoms with van der Waals surface area (Å²) in [5.41, 5.74) is 1.69. The molecule has 3 aromatic rings. The van der Waals surface area contributed by atoms with E-state index in [0.717, 1.165) is 16.5 Å². The number of carbonyl (C=O) groups excluding carboxylic acids is 3. The topological polar surface area (TPSA) is 69.7 Å². The van der Waals surface area contributed by atoms with Crippen LogP contribution < -0.4 is 10.2 Å². The number of hydrogen-bond acceptors (Lipinski definition) is 3. The Balaban J connectivity index is 1.50. The first-order valence-corrected chi connectivity index (χ1v) is 13.1. The van der Waals surface area contributed by atoms with Crippen molar-refractivity contribution in [1.29, 1.82) is 0 Å². The molecular formula is C29H31Cl2N3O3. The number of carbonyl (C=O) groups is 3. The molecule has 194 valence electrons. The van der Waals surface area contributed by atoms with E-state index in [0.29, 0.717) is 34.1 Å². The molecule has 0 aromatic heterocycles. The highest BCUT2D eigenvalue weighted by atomic mass is 35.5. The van der Waals surface area contributed by atoms with Crippen molar-refractivity contribution in [3.63, 3.8) is 0 Å². The first-order chi connectivity index (χ1) is 17.5. The Morgan fingerprint density at radius 1 is 1.00 bits per heavy atom. The van der Waals surface area contributed by atoms with Crippen LogP contribution in [0.3, 0.4) is 0 Å². The van der Waals surface area contributed by atoms with E-state index in [9.17, 15) is 14.4 Å². The predicted octanol–water partition coefficient (Wildman–Crippen LogP) is 6.22. The molecule has 4 rings (SSSR count). The lowest BCUT2D eigenvalue weighted by Crippen LogP contribution is -2.52. The van der Waals surface area contributed by atoms with Gasteiger partial charge in [-0.2, -0.15) is 0 Å². The Kier molecular flexibility index (Phi) is 7.81. The number of anilines is 1. The van der Waals surface area contributed by atoms with Gasteiger partial charge < -0.3 is 15.1 Å². The largest absolute Gasteiger partial charge is 0.350 e. The maximum absolute atomic E-state index is 13.5. The van der Waals surface area contributed by atoms with Gasteiger partial charge in [0.15, 0.2) is 0 Å². The Morgan fingerprint density at radius 3 is 2.27 bits per heavy atom. The van der Waals surface area contributed by atoms with Gasteiger partial charge in [-0.05, 0) is 63.8 Å². The van der Waals surface area contributed by atoms with E-state index < -0.39 is 11.6 Å². The van der Waals surface area contributed by atoms with Crippen LogP contribution in [0.1, 0.15) is 56.5 Å². The second-order valence-corrected chi connectivity index (χ2v) is 11.2. The van der Waals surface area contributed by atoms with Crippen molar-refractivity contribution in [3.8, 4) is 0 Å². The van der Waals surface area contributed by atoms with E-state index in [1.807, 2.05) is 57.2 Å². The van der Waals surface area contributed by atoms with Crippen molar-refractivity contribution >= 4 is 57.4 Å². The summed E-state index contributed by atoms with van der Waals surface area (Å²) < 4.78 is 0. The fourth-order valence-corrected chi connectivity index (χ4v) is 5.16. The molecule has 0 bridgehead atoms. The molecule has 6 nitrogen and oxygen atoms in total. The lowest BCUT2D eigenvalue weighted by atomic mass is 10.1. The van der Waals surface area contributed by atoms with Gasteiger partial charge in [-0.25, -0.2) is 0 Å². The van der Waals surface area contributed by atoms with Gasteiger partial charge in [0, 0.05) is 51.6 Å². The maximum Gasteiger partial charge on any atom is 0.258 e. The van der Waals surface area contributed by atoms with E-state index in [-0.39, 0.29) is 30.7 Å². The summed E-state index contributed by atoms with van der Waals surface area (Å²) in [5.74, 6) is -0.535. The molecule has 0 aliphatic carbocycles. The minimum Gasteiger partial charge on any atom is -0.350 e. The van der Waals surface area contributed by atoms with Crippen LogP contribution in [0.2, 0.25) is 10.0 Å². The fraction of sp³-hybridized carbons (Fsp3) is 0.345. The van der Waals surface area contributed by atoms with Gasteiger partial charge in [0.1, 0.15) is 6.04 Å². The molecule has 8 heteroatoms. The summed E-state index contributed by atoms with van der Waals surface area (Å²) in [4.78, 5) is 42.8. The minimum atomic E-state index is -0.745. The van der Waals surface area contributed by atoms with Crippen LogP contribution in [0.15, 0.2) is 54.6 Å². The molecule has 1 N–H and O–H groups in total. The lowest BCUT2D eigenvalue weighted by Gasteiger charge is -2.32. The summed E-state index contributed by atoms with van der Waals surface area (Å²) in [6, 6.07) is 16.0. The van der Waals surface area contributed by atoms with Gasteiger partial charge >= 0.3 is 0 Å². The monoisotopic (exact) mass is 539 g/mol. The minimum absolute atomic E-state index is 0.0584. The van der Waals surface area contributed by atoms with Gasteiger partial charge in [-0.1, -0.05) is 53.5 Å². The lowest BCUT2D eigenvalue weighted by molar-refractivity contribution is -0.141. The predicted molar refractivity (Wildman–Crippen MR) is 149 cm³/mol. The van der Waals surface area contributed by atoms with E-state index in [4.69, 9.17) is 23.2 Å². The number of rotatable bonds is 8. The molecule has 0 saturated carbocycles. The number of nitrogens with one attached hydrogen (secondary N) is 1. The Morgan fingerprint density at radius 2 is 1.62 bits per heavy atom. The SMILES string of the molecule is C[C@H](C(=O)NC(C)(C)C)N(Cc1c(Cl)cccc1Cl)C(=O)CCCN1C(=O)c2cccc3cccc1c23. The first-order valence-electron chi connectivity index (χ1n) is 12.4. The van der Waals surface area contributed by atoms with Crippen molar-refractivity contribution in [2.45, 2.75) is 58.7 Å². The molecule has 37 heavy (non-hydrogen) atoms. The normalized spacial score (nSPS) is 13.7. The van der Waals surface area contributed by atoms with Crippen molar-refractivity contribution in [2.75, 3.05) is 11.4 Å². The molecule has 0 spiro atoms. The number of halogens is 2. The Labute approximate surface area is 227 Å². The zero-order valence-corrected chi connectivity index (χ0v) is 23.0. The Hall–Kier alpha value is -3.09. The Bertz CT molecular complexity index is 1340. The molecule has 0 unspecified atom stereocenters. The summed E-state index contributed by atoms with van der Waals surface area (Å²) in [6.07, 6.45) is 0.598. The van der Waals surface area contributed by atoms with E-state index in [2.05, 4.69) is 5.32 Å². The van der Waals surface area contributed by atoms with Crippen molar-refractivity contribution < 1.29 is 14.4 Å². The summed E-state index contributed by atoms with van der Waals surface area (Å²) in [7, 11) is 0. The van der Waals surface area contributed by atoms with Crippen LogP contribution >= 0.6 is 23.2 Å². The highest BCUT2D eigenvalue weighted by Crippen LogP contribution is 2.37. The summed E-state index contributed by atoms with van der Waals surface area (Å²) in [6.45, 7) is 7.86. The molecule has 1 aliphatic heterocycles. The molecule has 3 aromatic carbocycles. The molecule has 0 fully saturated rings. The van der Waals surface area contributed by atoms with Crippen molar-refractivity contribution in [3.05, 3.63) is 75.8 Å². The number of nitrogens with zero attached hydrogens (tertiary/aromatic N) is 2. The second kappa shape index (κ2) is 10.7. The molecule has 3 amide bonds. The van der Waals surface area contributed by atoms with Gasteiger partial charge in [-0.15, -0.1) is 0 Å². The molecule has 1 aliphatic rings. The van der Waals surface area contributed by atoms with Crippen molar-refractivity contribution in [2.24, 2.45) is 0 Å².